The lowest BCUT2D eigenvalue weighted by atomic mass is 10.0. The number of carbonyl (C=O) groups excluding carboxylic acids is 2. The summed E-state index contributed by atoms with van der Waals surface area (Å²) in [6, 6.07) is 6.79. The van der Waals surface area contributed by atoms with Crippen LogP contribution >= 0.6 is 0 Å². The van der Waals surface area contributed by atoms with Crippen LogP contribution in [0.15, 0.2) is 24.3 Å². The number of rotatable bonds is 7. The molecule has 3 rings (SSSR count). The normalized spacial score (nSPS) is 13.9. The summed E-state index contributed by atoms with van der Waals surface area (Å²) in [5.74, 6) is -1.18. The number of fused-ring (bicyclic) bond motifs is 1. The first-order valence-electron chi connectivity index (χ1n) is 8.75. The molecule has 1 aromatic carbocycles. The van der Waals surface area contributed by atoms with Crippen LogP contribution < -0.4 is 10.1 Å². The maximum Gasteiger partial charge on any atom is 0.354 e. The topological polar surface area (TPSA) is 118 Å². The van der Waals surface area contributed by atoms with Crippen molar-refractivity contribution in [3.05, 3.63) is 46.8 Å². The van der Waals surface area contributed by atoms with E-state index in [1.165, 1.54) is 7.11 Å². The van der Waals surface area contributed by atoms with Crippen molar-refractivity contribution in [1.82, 2.24) is 4.98 Å². The third kappa shape index (κ3) is 3.90. The molecule has 0 unspecified atom stereocenters. The minimum Gasteiger partial charge on any atom is -0.497 e. The Balaban J connectivity index is 2.03. The van der Waals surface area contributed by atoms with Crippen LogP contribution in [0.2, 0.25) is 0 Å². The summed E-state index contributed by atoms with van der Waals surface area (Å²) >= 11 is 0. The second-order valence-electron chi connectivity index (χ2n) is 6.16. The number of aromatic amines is 1. The number of aliphatic carboxylic acids is 1. The molecule has 0 bridgehead atoms. The molecule has 0 saturated carbocycles. The molecule has 2 heterocycles. The Bertz CT molecular complexity index is 973. The molecule has 0 aliphatic carbocycles. The molecule has 0 saturated heterocycles. The third-order valence-corrected chi connectivity index (χ3v) is 4.34. The zero-order valence-corrected chi connectivity index (χ0v) is 15.5. The van der Waals surface area contributed by atoms with Crippen molar-refractivity contribution in [3.8, 4) is 5.75 Å². The van der Waals surface area contributed by atoms with Crippen LogP contribution in [0.4, 0.5) is 5.69 Å². The molecule has 0 atom stereocenters. The van der Waals surface area contributed by atoms with Crippen LogP contribution in [-0.2, 0) is 20.7 Å². The van der Waals surface area contributed by atoms with Gasteiger partial charge in [-0.1, -0.05) is 0 Å². The van der Waals surface area contributed by atoms with Crippen molar-refractivity contribution in [1.29, 1.82) is 0 Å². The molecule has 2 aromatic rings. The van der Waals surface area contributed by atoms with Gasteiger partial charge in [0.05, 0.1) is 19.3 Å². The van der Waals surface area contributed by atoms with Crippen molar-refractivity contribution in [3.63, 3.8) is 0 Å². The van der Waals surface area contributed by atoms with E-state index in [0.717, 1.165) is 0 Å². The molecule has 0 fully saturated rings. The van der Waals surface area contributed by atoms with Gasteiger partial charge in [0.15, 0.2) is 0 Å². The van der Waals surface area contributed by atoms with E-state index in [9.17, 15) is 14.4 Å². The number of hydrogen-bond acceptors (Lipinski definition) is 5. The first-order chi connectivity index (χ1) is 13.4. The Kier molecular flexibility index (Phi) is 5.49. The van der Waals surface area contributed by atoms with Crippen LogP contribution in [0.5, 0.6) is 5.75 Å². The molecule has 3 N–H and O–H groups in total. The van der Waals surface area contributed by atoms with E-state index in [1.54, 1.807) is 37.3 Å². The standard InChI is InChI=1S/C20H20N2O6/c1-3-28-20(26)17-8-11(4-7-18(23)24)16(21-17)10-14-13-9-12(27-2)5-6-15(13)22-19(14)25/h5-6,8-10,21H,3-4,7H2,1-2H3,(H,22,25)(H,23,24)/b14-10-. The molecule has 1 aliphatic heterocycles. The first-order valence-corrected chi connectivity index (χ1v) is 8.75. The van der Waals surface area contributed by atoms with E-state index in [4.69, 9.17) is 14.6 Å². The number of esters is 1. The van der Waals surface area contributed by atoms with E-state index in [0.29, 0.717) is 33.8 Å². The lowest BCUT2D eigenvalue weighted by Crippen LogP contribution is -2.05. The van der Waals surface area contributed by atoms with Gasteiger partial charge in [0.1, 0.15) is 11.4 Å². The molecule has 1 aromatic heterocycles. The number of aromatic nitrogens is 1. The summed E-state index contributed by atoms with van der Waals surface area (Å²) in [7, 11) is 1.54. The van der Waals surface area contributed by atoms with Gasteiger partial charge in [-0.15, -0.1) is 0 Å². The predicted molar refractivity (Wildman–Crippen MR) is 102 cm³/mol. The quantitative estimate of drug-likeness (QED) is 0.499. The maximum absolute atomic E-state index is 12.4. The van der Waals surface area contributed by atoms with E-state index >= 15 is 0 Å². The highest BCUT2D eigenvalue weighted by atomic mass is 16.5. The zero-order valence-electron chi connectivity index (χ0n) is 15.5. The van der Waals surface area contributed by atoms with Gasteiger partial charge in [0.25, 0.3) is 5.91 Å². The average Bonchev–Trinajstić information content (AvgIpc) is 3.21. The van der Waals surface area contributed by atoms with E-state index in [1.807, 2.05) is 0 Å². The van der Waals surface area contributed by atoms with Gasteiger partial charge in [-0.05, 0) is 49.2 Å². The van der Waals surface area contributed by atoms with Crippen molar-refractivity contribution >= 4 is 35.2 Å². The van der Waals surface area contributed by atoms with Crippen molar-refractivity contribution in [2.24, 2.45) is 0 Å². The number of carbonyl (C=O) groups is 3. The SMILES string of the molecule is CCOC(=O)c1cc(CCC(=O)O)c(/C=C2\C(=O)Nc3ccc(OC)cc32)[nH]1. The van der Waals surface area contributed by atoms with Crippen molar-refractivity contribution in [2.75, 3.05) is 19.0 Å². The largest absolute Gasteiger partial charge is 0.497 e. The predicted octanol–water partition coefficient (Wildman–Crippen LogP) is 2.71. The second-order valence-corrected chi connectivity index (χ2v) is 6.16. The number of ether oxygens (including phenoxy) is 2. The number of amides is 1. The Morgan fingerprint density at radius 2 is 2.04 bits per heavy atom. The summed E-state index contributed by atoms with van der Waals surface area (Å²) in [5.41, 5.74) is 3.02. The highest BCUT2D eigenvalue weighted by Gasteiger charge is 2.25. The zero-order chi connectivity index (χ0) is 20.3. The molecular weight excluding hydrogens is 364 g/mol. The van der Waals surface area contributed by atoms with Gasteiger partial charge in [-0.2, -0.15) is 0 Å². The molecule has 1 amide bonds. The maximum atomic E-state index is 12.4. The van der Waals surface area contributed by atoms with Crippen LogP contribution in [0, 0.1) is 0 Å². The number of nitrogens with one attached hydrogen (secondary N) is 2. The second kappa shape index (κ2) is 7.99. The summed E-state index contributed by atoms with van der Waals surface area (Å²) in [5, 5.41) is 11.8. The van der Waals surface area contributed by atoms with Gasteiger partial charge in [0, 0.05) is 23.4 Å². The molecule has 1 aliphatic rings. The minimum absolute atomic E-state index is 0.104. The highest BCUT2D eigenvalue weighted by molar-refractivity contribution is 6.35. The molecule has 8 heteroatoms. The fraction of sp³-hybridized carbons (Fsp3) is 0.250. The Hall–Kier alpha value is -3.55. The fourth-order valence-electron chi connectivity index (χ4n) is 2.99. The van der Waals surface area contributed by atoms with Gasteiger partial charge in [-0.25, -0.2) is 4.79 Å². The molecular formula is C20H20N2O6. The number of aryl methyl sites for hydroxylation is 1. The summed E-state index contributed by atoms with van der Waals surface area (Å²) in [4.78, 5) is 38.4. The third-order valence-electron chi connectivity index (χ3n) is 4.34. The monoisotopic (exact) mass is 384 g/mol. The highest BCUT2D eigenvalue weighted by Crippen LogP contribution is 2.36. The fourth-order valence-corrected chi connectivity index (χ4v) is 2.99. The summed E-state index contributed by atoms with van der Waals surface area (Å²) < 4.78 is 10.2. The first kappa shape index (κ1) is 19.2. The van der Waals surface area contributed by atoms with Crippen LogP contribution in [0.25, 0.3) is 11.6 Å². The lowest BCUT2D eigenvalue weighted by Gasteiger charge is -2.03. The van der Waals surface area contributed by atoms with E-state index < -0.39 is 11.9 Å². The molecule has 0 radical (unpaired) electrons. The van der Waals surface area contributed by atoms with Crippen molar-refractivity contribution < 1.29 is 29.0 Å². The average molecular weight is 384 g/mol. The van der Waals surface area contributed by atoms with Crippen LogP contribution in [0.3, 0.4) is 0 Å². The van der Waals surface area contributed by atoms with Crippen LogP contribution in [0.1, 0.15) is 40.7 Å². The molecule has 28 heavy (non-hydrogen) atoms. The number of H-pyrrole nitrogens is 1. The van der Waals surface area contributed by atoms with Gasteiger partial charge >= 0.3 is 11.9 Å². The van der Waals surface area contributed by atoms with Crippen LogP contribution in [-0.4, -0.2) is 41.7 Å². The Morgan fingerprint density at radius 1 is 1.25 bits per heavy atom. The van der Waals surface area contributed by atoms with E-state index in [-0.39, 0.29) is 31.0 Å². The van der Waals surface area contributed by atoms with E-state index in [2.05, 4.69) is 10.3 Å². The van der Waals surface area contributed by atoms with Gasteiger partial charge in [-0.3, -0.25) is 9.59 Å². The number of carboxylic acids is 1. The number of carboxylic acid groups (broad SMARTS) is 1. The summed E-state index contributed by atoms with van der Waals surface area (Å²) in [6.07, 6.45) is 1.71. The number of anilines is 1. The summed E-state index contributed by atoms with van der Waals surface area (Å²) in [6.45, 7) is 1.91. The Labute approximate surface area is 161 Å². The Morgan fingerprint density at radius 3 is 2.71 bits per heavy atom. The van der Waals surface area contributed by atoms with Crippen molar-refractivity contribution in [2.45, 2.75) is 19.8 Å². The smallest absolute Gasteiger partial charge is 0.354 e. The number of hydrogen-bond donors (Lipinski definition) is 3. The van der Waals surface area contributed by atoms with Gasteiger partial charge < -0.3 is 24.9 Å². The molecule has 146 valence electrons. The molecule has 0 spiro atoms. The lowest BCUT2D eigenvalue weighted by molar-refractivity contribution is -0.137. The number of methoxy groups -OCH3 is 1. The number of benzene rings is 1. The minimum atomic E-state index is -0.953. The molecule has 8 nitrogen and oxygen atoms in total. The van der Waals surface area contributed by atoms with Gasteiger partial charge in [0.2, 0.25) is 0 Å².